The second kappa shape index (κ2) is 7.27. The van der Waals surface area contributed by atoms with Crippen molar-refractivity contribution in [2.45, 2.75) is 97.1 Å². The molecule has 0 unspecified atom stereocenters. The Kier molecular flexibility index (Phi) is 3.95. The summed E-state index contributed by atoms with van der Waals surface area (Å²) in [6, 6.07) is 0. The third-order valence-corrected chi connectivity index (χ3v) is 9.42. The van der Waals surface area contributed by atoms with Gasteiger partial charge < -0.3 is 15.3 Å². The van der Waals surface area contributed by atoms with E-state index in [4.69, 9.17) is 12.0 Å². The molecule has 0 aliphatic heterocycles. The van der Waals surface area contributed by atoms with Gasteiger partial charge in [-0.2, -0.15) is 0 Å². The highest BCUT2D eigenvalue weighted by molar-refractivity contribution is 5.66. The first kappa shape index (κ1) is 15.2. The molecule has 4 aliphatic carbocycles. The zero-order valence-electron chi connectivity index (χ0n) is 22.4. The molecule has 10 atom stereocenters. The summed E-state index contributed by atoms with van der Waals surface area (Å²) in [5, 5.41) is 31.1. The molecule has 0 aromatic carbocycles. The molecule has 4 heteroatoms. The Morgan fingerprint density at radius 3 is 2.61 bits per heavy atom. The van der Waals surface area contributed by atoms with Crippen LogP contribution in [0.2, 0.25) is 0 Å². The number of carboxylic acid groups (broad SMARTS) is 1. The minimum atomic E-state index is -2.86. The van der Waals surface area contributed by atoms with Crippen LogP contribution in [0, 0.1) is 46.3 Å². The molecule has 0 aromatic heterocycles. The summed E-state index contributed by atoms with van der Waals surface area (Å²) in [7, 11) is 0. The van der Waals surface area contributed by atoms with Gasteiger partial charge in [0.05, 0.1) is 13.6 Å². The lowest BCUT2D eigenvalue weighted by atomic mass is 9.43. The van der Waals surface area contributed by atoms with Crippen LogP contribution in [0.1, 0.15) is 91.7 Å². The summed E-state index contributed by atoms with van der Waals surface area (Å²) >= 11 is 0. The van der Waals surface area contributed by atoms with Gasteiger partial charge in [0, 0.05) is 11.9 Å². The zero-order chi connectivity index (χ0) is 24.8. The van der Waals surface area contributed by atoms with E-state index in [-0.39, 0.29) is 48.3 Å². The maximum Gasteiger partial charge on any atom is 0.303 e. The number of rotatable bonds is 4. The van der Waals surface area contributed by atoms with E-state index in [1.54, 1.807) is 0 Å². The average molecular weight is 398 g/mol. The molecule has 0 spiro atoms. The van der Waals surface area contributed by atoms with Crippen molar-refractivity contribution in [3.05, 3.63) is 0 Å². The summed E-state index contributed by atoms with van der Waals surface area (Å²) in [6.45, 7) is 6.35. The number of aliphatic carboxylic acids is 1. The van der Waals surface area contributed by atoms with Crippen LogP contribution in [0.25, 0.3) is 0 Å². The molecule has 3 N–H and O–H groups in total. The van der Waals surface area contributed by atoms with Crippen LogP contribution in [0.5, 0.6) is 0 Å². The van der Waals surface area contributed by atoms with Crippen LogP contribution in [-0.2, 0) is 4.79 Å². The highest BCUT2D eigenvalue weighted by Gasteiger charge is 2.62. The molecule has 4 aliphatic rings. The van der Waals surface area contributed by atoms with Crippen molar-refractivity contribution in [1.29, 1.82) is 0 Å². The van der Waals surface area contributed by atoms with Gasteiger partial charge in [0.25, 0.3) is 0 Å². The lowest BCUT2D eigenvalue weighted by Gasteiger charge is -2.62. The quantitative estimate of drug-likeness (QED) is 0.654. The van der Waals surface area contributed by atoms with Gasteiger partial charge in [-0.25, -0.2) is 0 Å². The second-order valence-electron chi connectivity index (χ2n) is 10.6. The Balaban J connectivity index is 1.66. The van der Waals surface area contributed by atoms with E-state index in [2.05, 4.69) is 13.8 Å². The van der Waals surface area contributed by atoms with E-state index in [9.17, 15) is 15.0 Å². The van der Waals surface area contributed by atoms with Crippen molar-refractivity contribution >= 4 is 5.97 Å². The molecule has 160 valence electrons. The van der Waals surface area contributed by atoms with Crippen molar-refractivity contribution in [2.24, 2.45) is 46.3 Å². The predicted molar refractivity (Wildman–Crippen MR) is 109 cm³/mol. The largest absolute Gasteiger partial charge is 0.481 e. The molecule has 28 heavy (non-hydrogen) atoms. The molecule has 4 nitrogen and oxygen atoms in total. The van der Waals surface area contributed by atoms with E-state index in [1.165, 1.54) is 0 Å². The molecular weight excluding hydrogens is 352 g/mol. The van der Waals surface area contributed by atoms with E-state index in [1.807, 2.05) is 6.92 Å². The third kappa shape index (κ3) is 3.14. The van der Waals surface area contributed by atoms with Gasteiger partial charge in [-0.15, -0.1) is 0 Å². The van der Waals surface area contributed by atoms with Gasteiger partial charge in [-0.3, -0.25) is 4.79 Å². The minimum Gasteiger partial charge on any atom is -0.481 e. The number of hydrogen-bond acceptors (Lipinski definition) is 3. The first-order valence-corrected chi connectivity index (χ1v) is 11.1. The van der Waals surface area contributed by atoms with Gasteiger partial charge in [-0.1, -0.05) is 20.8 Å². The van der Waals surface area contributed by atoms with Gasteiger partial charge >= 0.3 is 5.97 Å². The number of aliphatic hydroxyl groups excluding tert-OH is 1. The van der Waals surface area contributed by atoms with E-state index in [0.29, 0.717) is 12.3 Å². The summed E-state index contributed by atoms with van der Waals surface area (Å²) in [6.07, 6.45) is -4.04. The Morgan fingerprint density at radius 2 is 1.89 bits per heavy atom. The summed E-state index contributed by atoms with van der Waals surface area (Å²) < 4.78 is 42.3. The smallest absolute Gasteiger partial charge is 0.303 e. The van der Waals surface area contributed by atoms with Gasteiger partial charge in [0.2, 0.25) is 0 Å². The van der Waals surface area contributed by atoms with Crippen molar-refractivity contribution in [3.8, 4) is 0 Å². The lowest BCUT2D eigenvalue weighted by molar-refractivity contribution is -0.174. The Bertz CT molecular complexity index is 804. The Morgan fingerprint density at radius 1 is 1.18 bits per heavy atom. The molecule has 4 saturated carbocycles. The van der Waals surface area contributed by atoms with Crippen LogP contribution < -0.4 is 0 Å². The first-order chi connectivity index (χ1) is 15.0. The van der Waals surface area contributed by atoms with Gasteiger partial charge in [-0.05, 0) is 104 Å². The fraction of sp³-hybridized carbons (Fsp3) is 0.958. The highest BCUT2D eigenvalue weighted by Crippen LogP contribution is 2.68. The van der Waals surface area contributed by atoms with E-state index >= 15 is 0 Å². The van der Waals surface area contributed by atoms with Crippen molar-refractivity contribution < 1.29 is 27.0 Å². The maximum absolute atomic E-state index is 11.4. The normalized spacial score (nSPS) is 60.5. The Labute approximate surface area is 177 Å². The minimum absolute atomic E-state index is 0.0217. The number of fused-ring (bicyclic) bond motifs is 5. The van der Waals surface area contributed by atoms with Crippen LogP contribution in [0.3, 0.4) is 0 Å². The second-order valence-corrected chi connectivity index (χ2v) is 10.6. The van der Waals surface area contributed by atoms with E-state index < -0.39 is 42.2 Å². The lowest BCUT2D eigenvalue weighted by Crippen LogP contribution is -2.58. The SMILES string of the molecule is [2H]C1([2H])C[C@@]2(C)[C@H](C[C@@H](O)[C@@H]3[C@@H]2CC[C@]2(C)[C@@H]([C@H](C)CCC(=O)O)CC[C@@H]32)C([2H])([2H])[C@]1([2H])O. The summed E-state index contributed by atoms with van der Waals surface area (Å²) in [5.74, 6) is -0.819. The molecular formula is C24H40O4. The highest BCUT2D eigenvalue weighted by atomic mass is 16.4. The van der Waals surface area contributed by atoms with Crippen LogP contribution in [0.4, 0.5) is 0 Å². The number of carbonyl (C=O) groups is 1. The standard InChI is InChI=1S/C24H40O4/c1-14(4-7-21(27)28)17-5-6-18-22-19(9-11-24(17,18)3)23(2)10-8-16(25)12-15(23)13-20(22)26/h14-20,22,25-26H,4-13H2,1-3H3,(H,27,28)/t14-,15+,16-,17-,18+,19+,20-,22+,23+,24-/m1/s1/i8D2,12D2,16D. The predicted octanol–water partition coefficient (Wildman–Crippen LogP) is 4.48. The van der Waals surface area contributed by atoms with Crippen LogP contribution in [-0.4, -0.2) is 33.5 Å². The summed E-state index contributed by atoms with van der Waals surface area (Å²) in [4.78, 5) is 11.1. The molecule has 0 radical (unpaired) electrons. The van der Waals surface area contributed by atoms with Gasteiger partial charge in [0.15, 0.2) is 0 Å². The van der Waals surface area contributed by atoms with Crippen LogP contribution in [0.15, 0.2) is 0 Å². The Hall–Kier alpha value is -0.610. The zero-order valence-corrected chi connectivity index (χ0v) is 17.4. The van der Waals surface area contributed by atoms with Gasteiger partial charge in [0.1, 0.15) is 0 Å². The van der Waals surface area contributed by atoms with Crippen LogP contribution >= 0.6 is 0 Å². The number of carboxylic acids is 1. The monoisotopic (exact) mass is 397 g/mol. The molecule has 0 heterocycles. The fourth-order valence-electron chi connectivity index (χ4n) is 7.92. The topological polar surface area (TPSA) is 77.8 Å². The van der Waals surface area contributed by atoms with E-state index in [0.717, 1.165) is 25.7 Å². The molecule has 0 amide bonds. The molecule has 0 aromatic rings. The number of hydrogen-bond donors (Lipinski definition) is 3. The van der Waals surface area contributed by atoms with Crippen molar-refractivity contribution in [1.82, 2.24) is 0 Å². The molecule has 0 saturated heterocycles. The fourth-order valence-corrected chi connectivity index (χ4v) is 7.92. The molecule has 0 bridgehead atoms. The molecule has 4 fully saturated rings. The third-order valence-electron chi connectivity index (χ3n) is 9.42. The average Bonchev–Trinajstić information content (AvgIpc) is 3.04. The first-order valence-electron chi connectivity index (χ1n) is 13.6. The summed E-state index contributed by atoms with van der Waals surface area (Å²) in [5.41, 5.74) is -0.773. The van der Waals surface area contributed by atoms with Crippen molar-refractivity contribution in [2.75, 3.05) is 0 Å². The molecule has 4 rings (SSSR count). The van der Waals surface area contributed by atoms with Crippen molar-refractivity contribution in [3.63, 3.8) is 0 Å². The number of aliphatic hydroxyl groups is 2. The maximum atomic E-state index is 11.4.